The van der Waals surface area contributed by atoms with E-state index in [2.05, 4.69) is 74.0 Å². The summed E-state index contributed by atoms with van der Waals surface area (Å²) in [5.74, 6) is 1.57. The quantitative estimate of drug-likeness (QED) is 0.223. The van der Waals surface area contributed by atoms with Gasteiger partial charge in [-0.15, -0.1) is 24.0 Å². The molecule has 0 unspecified atom stereocenters. The first kappa shape index (κ1) is 25.1. The molecule has 1 fully saturated rings. The third-order valence-corrected chi connectivity index (χ3v) is 5.44. The Morgan fingerprint density at radius 2 is 1.91 bits per heavy atom. The summed E-state index contributed by atoms with van der Waals surface area (Å²) in [4.78, 5) is 11.5. The fourth-order valence-electron chi connectivity index (χ4n) is 3.74. The first-order chi connectivity index (χ1) is 15.8. The number of aromatic amines is 1. The summed E-state index contributed by atoms with van der Waals surface area (Å²) in [5, 5.41) is 13.7. The number of benzene rings is 2. The van der Waals surface area contributed by atoms with Crippen LogP contribution in [0, 0.1) is 0 Å². The highest BCUT2D eigenvalue weighted by Gasteiger charge is 2.13. The van der Waals surface area contributed by atoms with E-state index in [1.54, 1.807) is 0 Å². The second-order valence-corrected chi connectivity index (χ2v) is 7.74. The third kappa shape index (κ3) is 7.51. The lowest BCUT2D eigenvalue weighted by Gasteiger charge is -2.27. The summed E-state index contributed by atoms with van der Waals surface area (Å²) in [6.07, 6.45) is 1.52. The van der Waals surface area contributed by atoms with Gasteiger partial charge in [0.25, 0.3) is 0 Å². The Bertz CT molecular complexity index is 1000. The molecule has 1 aromatic heterocycles. The molecule has 0 spiro atoms. The van der Waals surface area contributed by atoms with Gasteiger partial charge in [-0.2, -0.15) is 5.10 Å². The predicted octanol–water partition coefficient (Wildman–Crippen LogP) is 3.18. The van der Waals surface area contributed by atoms with Gasteiger partial charge in [0.05, 0.1) is 19.8 Å². The van der Waals surface area contributed by atoms with E-state index >= 15 is 0 Å². The monoisotopic (exact) mass is 561 g/mol. The smallest absolute Gasteiger partial charge is 0.191 e. The lowest BCUT2D eigenvalue weighted by atomic mass is 10.1. The standard InChI is InChI=1S/C24H31N7O.HI/c1-2-25-24(26-15-19-6-5-9-20(14-19)23-28-18-29-30-23)27-16-21-7-3-4-8-22(21)17-31-10-12-32-13-11-31;/h3-9,14,18H,2,10-13,15-17H2,1H3,(H2,25,26,27)(H,28,29,30);1H. The van der Waals surface area contributed by atoms with E-state index in [-0.39, 0.29) is 24.0 Å². The summed E-state index contributed by atoms with van der Waals surface area (Å²) < 4.78 is 5.48. The Balaban J connectivity index is 0.00000306. The van der Waals surface area contributed by atoms with Crippen molar-refractivity contribution in [3.63, 3.8) is 0 Å². The van der Waals surface area contributed by atoms with Crippen LogP contribution >= 0.6 is 24.0 Å². The molecule has 1 saturated heterocycles. The summed E-state index contributed by atoms with van der Waals surface area (Å²) in [6, 6.07) is 16.8. The first-order valence-electron chi connectivity index (χ1n) is 11.2. The number of ether oxygens (including phenoxy) is 1. The van der Waals surface area contributed by atoms with Gasteiger partial charge in [-0.3, -0.25) is 10.00 Å². The van der Waals surface area contributed by atoms with Gasteiger partial charge in [0.1, 0.15) is 6.33 Å². The molecule has 8 nitrogen and oxygen atoms in total. The number of guanidine groups is 1. The van der Waals surface area contributed by atoms with E-state index in [0.717, 1.165) is 68.8 Å². The van der Waals surface area contributed by atoms with E-state index in [0.29, 0.717) is 6.54 Å². The average molecular weight is 561 g/mol. The molecule has 2 heterocycles. The van der Waals surface area contributed by atoms with Crippen LogP contribution < -0.4 is 10.6 Å². The van der Waals surface area contributed by atoms with Gasteiger partial charge in [-0.25, -0.2) is 9.98 Å². The number of aliphatic imine (C=N–C) groups is 1. The zero-order chi connectivity index (χ0) is 22.0. The van der Waals surface area contributed by atoms with Crippen molar-refractivity contribution in [3.05, 3.63) is 71.5 Å². The molecule has 0 aliphatic carbocycles. The summed E-state index contributed by atoms with van der Waals surface area (Å²) in [7, 11) is 0. The lowest BCUT2D eigenvalue weighted by Crippen LogP contribution is -2.38. The van der Waals surface area contributed by atoms with E-state index in [1.807, 2.05) is 12.1 Å². The van der Waals surface area contributed by atoms with Crippen LogP contribution in [0.5, 0.6) is 0 Å². The zero-order valence-corrected chi connectivity index (χ0v) is 21.3. The molecular formula is C24H32IN7O. The van der Waals surface area contributed by atoms with Gasteiger partial charge in [0.2, 0.25) is 0 Å². The molecule has 176 valence electrons. The van der Waals surface area contributed by atoms with Crippen LogP contribution in [0.4, 0.5) is 0 Å². The molecule has 0 radical (unpaired) electrons. The van der Waals surface area contributed by atoms with Crippen molar-refractivity contribution >= 4 is 29.9 Å². The Labute approximate surface area is 212 Å². The minimum absolute atomic E-state index is 0. The van der Waals surface area contributed by atoms with E-state index in [9.17, 15) is 0 Å². The SMILES string of the molecule is CCNC(=NCc1cccc(-c2ncn[nH]2)c1)NCc1ccccc1CN1CCOCC1.I. The number of hydrogen-bond donors (Lipinski definition) is 3. The van der Waals surface area contributed by atoms with Crippen molar-refractivity contribution in [2.75, 3.05) is 32.8 Å². The highest BCUT2D eigenvalue weighted by atomic mass is 127. The van der Waals surface area contributed by atoms with Crippen LogP contribution in [0.2, 0.25) is 0 Å². The second-order valence-electron chi connectivity index (χ2n) is 7.74. The third-order valence-electron chi connectivity index (χ3n) is 5.44. The summed E-state index contributed by atoms with van der Waals surface area (Å²) in [5.41, 5.74) is 4.75. The van der Waals surface area contributed by atoms with Gasteiger partial charge in [0, 0.05) is 38.3 Å². The molecule has 2 aromatic carbocycles. The predicted molar refractivity (Wildman–Crippen MR) is 141 cm³/mol. The Morgan fingerprint density at radius 3 is 2.67 bits per heavy atom. The first-order valence-corrected chi connectivity index (χ1v) is 11.2. The van der Waals surface area contributed by atoms with Crippen LogP contribution in [-0.2, 0) is 24.4 Å². The molecule has 1 aliphatic heterocycles. The van der Waals surface area contributed by atoms with Crippen LogP contribution in [0.25, 0.3) is 11.4 Å². The number of nitrogens with one attached hydrogen (secondary N) is 3. The average Bonchev–Trinajstić information content (AvgIpc) is 3.38. The number of morpholine rings is 1. The molecule has 3 N–H and O–H groups in total. The zero-order valence-electron chi connectivity index (χ0n) is 19.0. The highest BCUT2D eigenvalue weighted by molar-refractivity contribution is 14.0. The van der Waals surface area contributed by atoms with Gasteiger partial charge in [-0.05, 0) is 29.7 Å². The normalized spacial score (nSPS) is 14.5. The van der Waals surface area contributed by atoms with E-state index in [4.69, 9.17) is 9.73 Å². The fourth-order valence-corrected chi connectivity index (χ4v) is 3.74. The van der Waals surface area contributed by atoms with Gasteiger partial charge in [-0.1, -0.05) is 42.5 Å². The number of hydrogen-bond acceptors (Lipinski definition) is 5. The second kappa shape index (κ2) is 13.3. The molecule has 0 atom stereocenters. The van der Waals surface area contributed by atoms with Crippen LogP contribution in [0.1, 0.15) is 23.6 Å². The fraction of sp³-hybridized carbons (Fsp3) is 0.375. The molecule has 0 amide bonds. The van der Waals surface area contributed by atoms with Crippen molar-refractivity contribution < 1.29 is 4.74 Å². The van der Waals surface area contributed by atoms with Crippen LogP contribution in [0.15, 0.2) is 59.9 Å². The van der Waals surface area contributed by atoms with E-state index in [1.165, 1.54) is 17.5 Å². The number of halogens is 1. The molecule has 3 aromatic rings. The maximum atomic E-state index is 5.48. The Morgan fingerprint density at radius 1 is 1.09 bits per heavy atom. The molecular weight excluding hydrogens is 529 g/mol. The molecule has 1 aliphatic rings. The maximum absolute atomic E-state index is 5.48. The largest absolute Gasteiger partial charge is 0.379 e. The molecule has 4 rings (SSSR count). The topological polar surface area (TPSA) is 90.5 Å². The summed E-state index contributed by atoms with van der Waals surface area (Å²) in [6.45, 7) is 8.73. The van der Waals surface area contributed by atoms with Crippen molar-refractivity contribution in [2.45, 2.75) is 26.6 Å². The minimum Gasteiger partial charge on any atom is -0.379 e. The maximum Gasteiger partial charge on any atom is 0.191 e. The van der Waals surface area contributed by atoms with Gasteiger partial charge in [0.15, 0.2) is 11.8 Å². The number of aromatic nitrogens is 3. The highest BCUT2D eigenvalue weighted by Crippen LogP contribution is 2.16. The van der Waals surface area contributed by atoms with Crippen molar-refractivity contribution in [3.8, 4) is 11.4 Å². The Kier molecular flexibility index (Phi) is 10.1. The van der Waals surface area contributed by atoms with Crippen molar-refractivity contribution in [1.29, 1.82) is 0 Å². The van der Waals surface area contributed by atoms with Crippen LogP contribution in [-0.4, -0.2) is 58.9 Å². The Hall–Kier alpha value is -2.50. The molecule has 33 heavy (non-hydrogen) atoms. The number of nitrogens with zero attached hydrogens (tertiary/aromatic N) is 4. The molecule has 9 heteroatoms. The van der Waals surface area contributed by atoms with E-state index < -0.39 is 0 Å². The lowest BCUT2D eigenvalue weighted by molar-refractivity contribution is 0.0341. The van der Waals surface area contributed by atoms with Gasteiger partial charge < -0.3 is 15.4 Å². The molecule has 0 saturated carbocycles. The number of H-pyrrole nitrogens is 1. The van der Waals surface area contributed by atoms with Crippen molar-refractivity contribution in [1.82, 2.24) is 30.7 Å². The van der Waals surface area contributed by atoms with Crippen molar-refractivity contribution in [2.24, 2.45) is 4.99 Å². The van der Waals surface area contributed by atoms with Gasteiger partial charge >= 0.3 is 0 Å². The number of rotatable bonds is 8. The van der Waals surface area contributed by atoms with Crippen LogP contribution in [0.3, 0.4) is 0 Å². The molecule has 0 bridgehead atoms. The minimum atomic E-state index is 0. The summed E-state index contributed by atoms with van der Waals surface area (Å²) >= 11 is 0.